The van der Waals surface area contributed by atoms with Crippen LogP contribution in [0.1, 0.15) is 27.0 Å². The number of ether oxygens (including phenoxy) is 2. The van der Waals surface area contributed by atoms with Gasteiger partial charge in [-0.05, 0) is 66.9 Å². The summed E-state index contributed by atoms with van der Waals surface area (Å²) in [7, 11) is 0. The van der Waals surface area contributed by atoms with E-state index in [2.05, 4.69) is 4.74 Å². The molecule has 0 heterocycles. The lowest BCUT2D eigenvalue weighted by molar-refractivity contribution is -0.274. The normalized spacial score (nSPS) is 11.5. The van der Waals surface area contributed by atoms with Crippen molar-refractivity contribution >= 4 is 17.8 Å². The topological polar surface area (TPSA) is 72.8 Å². The number of carbonyl (C=O) groups is 2. The van der Waals surface area contributed by atoms with Crippen molar-refractivity contribution in [2.45, 2.75) is 20.2 Å². The van der Waals surface area contributed by atoms with Gasteiger partial charge in [-0.3, -0.25) is 4.79 Å². The first-order valence-electron chi connectivity index (χ1n) is 8.10. The van der Waals surface area contributed by atoms with E-state index in [1.54, 1.807) is 32.1 Å². The minimum absolute atomic E-state index is 0.210. The molecule has 148 valence electrons. The van der Waals surface area contributed by atoms with E-state index in [0.717, 1.165) is 28.8 Å². The van der Waals surface area contributed by atoms with Gasteiger partial charge in [-0.2, -0.15) is 0 Å². The molecule has 0 radical (unpaired) electrons. The van der Waals surface area contributed by atoms with Crippen molar-refractivity contribution in [1.82, 2.24) is 0 Å². The first-order valence-corrected chi connectivity index (χ1v) is 8.10. The average molecular weight is 394 g/mol. The Morgan fingerprint density at radius 1 is 1.04 bits per heavy atom. The Hall–Kier alpha value is -3.29. The lowest BCUT2D eigenvalue weighted by Gasteiger charge is -2.11. The Morgan fingerprint density at radius 2 is 1.68 bits per heavy atom. The zero-order valence-corrected chi connectivity index (χ0v) is 15.0. The Balaban J connectivity index is 2.11. The number of halogens is 3. The summed E-state index contributed by atoms with van der Waals surface area (Å²) in [6.45, 7) is 3.11. The molecular formula is C20H17F3O5. The molecule has 0 aliphatic rings. The van der Waals surface area contributed by atoms with Gasteiger partial charge in [0.1, 0.15) is 11.5 Å². The summed E-state index contributed by atoms with van der Waals surface area (Å²) in [6, 6.07) is 7.92. The minimum Gasteiger partial charge on any atom is -0.482 e. The van der Waals surface area contributed by atoms with Crippen molar-refractivity contribution in [1.29, 1.82) is 0 Å². The predicted octanol–water partition coefficient (Wildman–Crippen LogP) is 4.56. The van der Waals surface area contributed by atoms with Crippen LogP contribution in [0.15, 0.2) is 42.5 Å². The Bertz CT molecular complexity index is 899. The first-order chi connectivity index (χ1) is 13.1. The van der Waals surface area contributed by atoms with E-state index in [0.29, 0.717) is 5.75 Å². The molecule has 8 heteroatoms. The van der Waals surface area contributed by atoms with Crippen LogP contribution in [0.4, 0.5) is 13.2 Å². The molecule has 2 aromatic carbocycles. The Labute approximate surface area is 159 Å². The first kappa shape index (κ1) is 21.0. The molecule has 0 aliphatic carbocycles. The summed E-state index contributed by atoms with van der Waals surface area (Å²) in [5.74, 6) is -1.44. The van der Waals surface area contributed by atoms with Crippen LogP contribution in [-0.2, 0) is 4.79 Å². The highest BCUT2D eigenvalue weighted by Crippen LogP contribution is 2.26. The molecular weight excluding hydrogens is 377 g/mol. The number of hydrogen-bond donors (Lipinski definition) is 1. The third kappa shape index (κ3) is 5.87. The molecule has 0 amide bonds. The number of rotatable bonds is 7. The van der Waals surface area contributed by atoms with E-state index in [9.17, 15) is 22.8 Å². The van der Waals surface area contributed by atoms with Gasteiger partial charge in [-0.1, -0.05) is 12.1 Å². The van der Waals surface area contributed by atoms with Gasteiger partial charge in [0.15, 0.2) is 12.4 Å². The van der Waals surface area contributed by atoms with Crippen LogP contribution in [0.5, 0.6) is 11.5 Å². The number of carbonyl (C=O) groups excluding carboxylic acids is 1. The largest absolute Gasteiger partial charge is 0.573 e. The van der Waals surface area contributed by atoms with Crippen molar-refractivity contribution in [2.75, 3.05) is 6.61 Å². The maximum atomic E-state index is 12.2. The summed E-state index contributed by atoms with van der Waals surface area (Å²) in [6.07, 6.45) is -1.91. The molecule has 0 aliphatic heterocycles. The number of ketones is 1. The zero-order valence-electron chi connectivity index (χ0n) is 15.0. The van der Waals surface area contributed by atoms with E-state index in [-0.39, 0.29) is 11.3 Å². The van der Waals surface area contributed by atoms with E-state index >= 15 is 0 Å². The number of benzene rings is 2. The molecule has 5 nitrogen and oxygen atoms in total. The third-order valence-electron chi connectivity index (χ3n) is 3.92. The fourth-order valence-corrected chi connectivity index (χ4v) is 2.38. The number of hydrogen-bond acceptors (Lipinski definition) is 4. The van der Waals surface area contributed by atoms with Crippen LogP contribution in [-0.4, -0.2) is 29.8 Å². The van der Waals surface area contributed by atoms with Gasteiger partial charge in [0, 0.05) is 5.56 Å². The lowest BCUT2D eigenvalue weighted by Crippen LogP contribution is -2.17. The van der Waals surface area contributed by atoms with Crippen molar-refractivity contribution in [3.8, 4) is 11.5 Å². The average Bonchev–Trinajstić information content (AvgIpc) is 2.61. The molecule has 0 bridgehead atoms. The van der Waals surface area contributed by atoms with E-state index in [1.165, 1.54) is 18.2 Å². The number of carboxylic acids is 1. The Morgan fingerprint density at radius 3 is 2.25 bits per heavy atom. The second-order valence-corrected chi connectivity index (χ2v) is 5.86. The van der Waals surface area contributed by atoms with Crippen LogP contribution >= 0.6 is 0 Å². The monoisotopic (exact) mass is 394 g/mol. The predicted molar refractivity (Wildman–Crippen MR) is 95.5 cm³/mol. The van der Waals surface area contributed by atoms with Crippen molar-refractivity contribution in [3.05, 3.63) is 64.7 Å². The van der Waals surface area contributed by atoms with E-state index in [1.807, 2.05) is 0 Å². The maximum absolute atomic E-state index is 12.2. The van der Waals surface area contributed by atoms with Gasteiger partial charge < -0.3 is 14.6 Å². The molecule has 0 aromatic heterocycles. The second kappa shape index (κ2) is 8.60. The molecule has 0 spiro atoms. The fourth-order valence-electron chi connectivity index (χ4n) is 2.38. The van der Waals surface area contributed by atoms with Gasteiger partial charge in [0.25, 0.3) is 0 Å². The minimum atomic E-state index is -4.79. The van der Waals surface area contributed by atoms with E-state index < -0.39 is 24.7 Å². The molecule has 1 N–H and O–H groups in total. The van der Waals surface area contributed by atoms with Gasteiger partial charge >= 0.3 is 12.3 Å². The third-order valence-corrected chi connectivity index (χ3v) is 3.92. The molecule has 2 rings (SSSR count). The number of carboxylic acid groups (broad SMARTS) is 1. The van der Waals surface area contributed by atoms with E-state index in [4.69, 9.17) is 9.84 Å². The molecule has 2 aromatic rings. The van der Waals surface area contributed by atoms with Crippen LogP contribution in [0.3, 0.4) is 0 Å². The fraction of sp³-hybridized carbons (Fsp3) is 0.200. The molecule has 0 atom stereocenters. The highest BCUT2D eigenvalue weighted by molar-refractivity contribution is 6.06. The summed E-state index contributed by atoms with van der Waals surface area (Å²) in [5.41, 5.74) is 2.48. The van der Waals surface area contributed by atoms with Gasteiger partial charge in [0.2, 0.25) is 0 Å². The molecule has 0 unspecified atom stereocenters. The number of alkyl halides is 3. The number of aliphatic carboxylic acids is 1. The van der Waals surface area contributed by atoms with Gasteiger partial charge in [0.05, 0.1) is 0 Å². The lowest BCUT2D eigenvalue weighted by atomic mass is 10.0. The molecule has 0 fully saturated rings. The molecule has 0 saturated carbocycles. The second-order valence-electron chi connectivity index (χ2n) is 5.86. The summed E-state index contributed by atoms with van der Waals surface area (Å²) in [4.78, 5) is 22.8. The maximum Gasteiger partial charge on any atom is 0.573 e. The standard InChI is InChI=1S/C20H17F3O5/c1-12-13(2)18(27-11-19(25)26)10-6-14(12)5-9-17(24)15-3-7-16(8-4-15)28-20(21,22)23/h3-10H,11H2,1-2H3,(H,25,26). The van der Waals surface area contributed by atoms with Gasteiger partial charge in [-0.25, -0.2) is 4.79 Å². The zero-order chi connectivity index (χ0) is 20.9. The van der Waals surface area contributed by atoms with Crippen LogP contribution in [0, 0.1) is 13.8 Å². The van der Waals surface area contributed by atoms with Crippen molar-refractivity contribution in [2.24, 2.45) is 0 Å². The highest BCUT2D eigenvalue weighted by Gasteiger charge is 2.31. The Kier molecular flexibility index (Phi) is 6.45. The molecule has 0 saturated heterocycles. The number of allylic oxidation sites excluding steroid dienone is 1. The SMILES string of the molecule is Cc1c(C=CC(=O)c2ccc(OC(F)(F)F)cc2)ccc(OCC(=O)O)c1C. The molecule has 28 heavy (non-hydrogen) atoms. The summed E-state index contributed by atoms with van der Waals surface area (Å²) in [5, 5.41) is 8.68. The van der Waals surface area contributed by atoms with Crippen molar-refractivity contribution in [3.63, 3.8) is 0 Å². The smallest absolute Gasteiger partial charge is 0.482 e. The van der Waals surface area contributed by atoms with Crippen LogP contribution in [0.25, 0.3) is 6.08 Å². The summed E-state index contributed by atoms with van der Waals surface area (Å²) >= 11 is 0. The van der Waals surface area contributed by atoms with Gasteiger partial charge in [-0.15, -0.1) is 13.2 Å². The van der Waals surface area contributed by atoms with Crippen molar-refractivity contribution < 1.29 is 37.3 Å². The quantitative estimate of drug-likeness (QED) is 0.551. The van der Waals surface area contributed by atoms with Crippen LogP contribution < -0.4 is 9.47 Å². The van der Waals surface area contributed by atoms with Crippen LogP contribution in [0.2, 0.25) is 0 Å². The highest BCUT2D eigenvalue weighted by atomic mass is 19.4. The summed E-state index contributed by atoms with van der Waals surface area (Å²) < 4.78 is 45.4.